The summed E-state index contributed by atoms with van der Waals surface area (Å²) < 4.78 is 22.4. The molecule has 3 heterocycles. The van der Waals surface area contributed by atoms with Gasteiger partial charge in [-0.05, 0) is 42.8 Å². The van der Waals surface area contributed by atoms with Gasteiger partial charge in [0, 0.05) is 43.1 Å². The minimum Gasteiger partial charge on any atom is -0.389 e. The first-order chi connectivity index (χ1) is 16.2. The molecule has 0 saturated heterocycles. The summed E-state index contributed by atoms with van der Waals surface area (Å²) in [4.78, 5) is 9.00. The molecule has 0 aliphatic heterocycles. The Morgan fingerprint density at radius 1 is 1.09 bits per heavy atom. The van der Waals surface area contributed by atoms with Crippen molar-refractivity contribution in [3.8, 4) is 33.8 Å². The fourth-order valence-corrected chi connectivity index (χ4v) is 4.91. The molecule has 0 radical (unpaired) electrons. The molecule has 34 heavy (non-hydrogen) atoms. The van der Waals surface area contributed by atoms with E-state index < -0.39 is 8.07 Å². The van der Waals surface area contributed by atoms with Gasteiger partial charge in [-0.2, -0.15) is 5.10 Å². The van der Waals surface area contributed by atoms with Crippen LogP contribution in [0.4, 0.5) is 4.39 Å². The maximum atomic E-state index is 14.7. The molecule has 4 rings (SSSR count). The number of aliphatic hydroxyl groups excluding tert-OH is 1. The second-order valence-electron chi connectivity index (χ2n) is 9.42. The Bertz CT molecular complexity index is 1280. The van der Waals surface area contributed by atoms with Gasteiger partial charge in [0.05, 0.1) is 18.0 Å². The van der Waals surface area contributed by atoms with Crippen LogP contribution in [0.5, 0.6) is 0 Å². The van der Waals surface area contributed by atoms with Crippen molar-refractivity contribution in [2.24, 2.45) is 0 Å². The molecule has 0 atom stereocenters. The largest absolute Gasteiger partial charge is 0.389 e. The van der Waals surface area contributed by atoms with Crippen molar-refractivity contribution >= 4 is 19.4 Å². The first kappa shape index (κ1) is 24.4. The van der Waals surface area contributed by atoms with Gasteiger partial charge in [-0.25, -0.2) is 14.1 Å². The normalized spacial score (nSPS) is 11.8. The molecule has 0 amide bonds. The zero-order valence-electron chi connectivity index (χ0n) is 19.9. The molecule has 0 fully saturated rings. The summed E-state index contributed by atoms with van der Waals surface area (Å²) in [5.74, 6) is -0.365. The highest BCUT2D eigenvalue weighted by molar-refractivity contribution is 7.09. The van der Waals surface area contributed by atoms with Gasteiger partial charge >= 0.3 is 0 Å². The maximum absolute atomic E-state index is 14.7. The van der Waals surface area contributed by atoms with Gasteiger partial charge in [0.15, 0.2) is 0 Å². The van der Waals surface area contributed by atoms with E-state index in [0.29, 0.717) is 35.3 Å². The van der Waals surface area contributed by atoms with E-state index in [1.165, 1.54) is 17.4 Å². The molecule has 1 aromatic carbocycles. The lowest BCUT2D eigenvalue weighted by molar-refractivity contribution is 0.0787. The molecule has 3 aromatic heterocycles. The number of hydrogen-bond acceptors (Lipinski definition) is 6. The quantitative estimate of drug-likeness (QED) is 0.228. The predicted molar refractivity (Wildman–Crippen MR) is 137 cm³/mol. The SMILES string of the molecule is Cc1cccc(-c2nn(COCC[Si](C)(C)C)cc2-c2ccc(F)c(-c3csc(CO)n3)c2)n1. The van der Waals surface area contributed by atoms with E-state index in [4.69, 9.17) is 9.84 Å². The highest BCUT2D eigenvalue weighted by Gasteiger charge is 2.18. The first-order valence-electron chi connectivity index (χ1n) is 11.2. The average molecular weight is 497 g/mol. The van der Waals surface area contributed by atoms with E-state index in [2.05, 4.69) is 29.6 Å². The van der Waals surface area contributed by atoms with Gasteiger partial charge in [-0.1, -0.05) is 31.8 Å². The smallest absolute Gasteiger partial charge is 0.139 e. The standard InChI is InChI=1S/C25H29FN4O2SSi/c1-17-6-5-7-22(27-17)25-20(13-30(29-25)16-32-10-11-34(2,3)4)18-8-9-21(26)19(12-18)23-15-33-24(14-31)28-23/h5-9,12-13,15,31H,10-11,14,16H2,1-4H3. The zero-order chi connectivity index (χ0) is 24.3. The molecule has 0 spiro atoms. The monoisotopic (exact) mass is 496 g/mol. The summed E-state index contributed by atoms with van der Waals surface area (Å²) in [6.07, 6.45) is 1.92. The zero-order valence-corrected chi connectivity index (χ0v) is 21.7. The third-order valence-electron chi connectivity index (χ3n) is 5.35. The lowest BCUT2D eigenvalue weighted by atomic mass is 10.0. The number of pyridine rings is 1. The minimum absolute atomic E-state index is 0.167. The Hall–Kier alpha value is -2.72. The van der Waals surface area contributed by atoms with Crippen molar-refractivity contribution in [3.05, 3.63) is 64.5 Å². The molecule has 0 unspecified atom stereocenters. The van der Waals surface area contributed by atoms with Crippen LogP contribution in [0.3, 0.4) is 0 Å². The van der Waals surface area contributed by atoms with Gasteiger partial charge in [-0.3, -0.25) is 4.98 Å². The fraction of sp³-hybridized carbons (Fsp3) is 0.320. The van der Waals surface area contributed by atoms with Crippen LogP contribution in [0.25, 0.3) is 33.8 Å². The van der Waals surface area contributed by atoms with Crippen LogP contribution in [-0.4, -0.2) is 39.5 Å². The van der Waals surface area contributed by atoms with Crippen LogP contribution in [0.15, 0.2) is 48.0 Å². The van der Waals surface area contributed by atoms with E-state index in [9.17, 15) is 9.50 Å². The lowest BCUT2D eigenvalue weighted by Crippen LogP contribution is -2.22. The number of thiazole rings is 1. The van der Waals surface area contributed by atoms with Gasteiger partial charge in [0.25, 0.3) is 0 Å². The van der Waals surface area contributed by atoms with Crippen molar-refractivity contribution in [2.45, 2.75) is 45.9 Å². The fourth-order valence-electron chi connectivity index (χ4n) is 3.50. The van der Waals surface area contributed by atoms with E-state index in [-0.39, 0.29) is 12.4 Å². The van der Waals surface area contributed by atoms with Crippen LogP contribution in [0.2, 0.25) is 25.7 Å². The number of rotatable bonds is 9. The average Bonchev–Trinajstić information content (AvgIpc) is 3.44. The molecule has 0 aliphatic carbocycles. The maximum Gasteiger partial charge on any atom is 0.139 e. The summed E-state index contributed by atoms with van der Waals surface area (Å²) >= 11 is 1.31. The second kappa shape index (κ2) is 10.3. The molecule has 0 aliphatic rings. The van der Waals surface area contributed by atoms with Gasteiger partial charge in [-0.15, -0.1) is 11.3 Å². The lowest BCUT2D eigenvalue weighted by Gasteiger charge is -2.15. The van der Waals surface area contributed by atoms with Crippen LogP contribution >= 0.6 is 11.3 Å². The number of aromatic nitrogens is 4. The van der Waals surface area contributed by atoms with Gasteiger partial charge < -0.3 is 9.84 Å². The van der Waals surface area contributed by atoms with Crippen molar-refractivity contribution in [2.75, 3.05) is 6.61 Å². The van der Waals surface area contributed by atoms with Gasteiger partial charge in [0.1, 0.15) is 23.2 Å². The van der Waals surface area contributed by atoms with Crippen LogP contribution in [-0.2, 0) is 18.1 Å². The molecule has 0 saturated carbocycles. The molecule has 4 aromatic rings. The first-order valence-corrected chi connectivity index (χ1v) is 15.8. The molecule has 0 bridgehead atoms. The Morgan fingerprint density at radius 3 is 2.62 bits per heavy atom. The summed E-state index contributed by atoms with van der Waals surface area (Å²) in [6, 6.07) is 11.9. The minimum atomic E-state index is -1.18. The molecular formula is C25H29FN4O2SSi. The Balaban J connectivity index is 1.71. The number of nitrogens with zero attached hydrogens (tertiary/aromatic N) is 4. The van der Waals surface area contributed by atoms with E-state index >= 15 is 0 Å². The van der Waals surface area contributed by atoms with E-state index in [1.807, 2.05) is 31.3 Å². The molecule has 9 heteroatoms. The topological polar surface area (TPSA) is 73.1 Å². The number of benzene rings is 1. The van der Waals surface area contributed by atoms with Crippen molar-refractivity contribution in [3.63, 3.8) is 0 Å². The molecule has 178 valence electrons. The summed E-state index contributed by atoms with van der Waals surface area (Å²) in [5, 5.41) is 16.4. The number of aliphatic hydroxyl groups is 1. The van der Waals surface area contributed by atoms with E-state index in [0.717, 1.165) is 28.6 Å². The number of hydrogen-bond donors (Lipinski definition) is 1. The van der Waals surface area contributed by atoms with E-state index in [1.54, 1.807) is 22.2 Å². The predicted octanol–water partition coefficient (Wildman–Crippen LogP) is 5.99. The Kier molecular flexibility index (Phi) is 7.37. The summed E-state index contributed by atoms with van der Waals surface area (Å²) in [7, 11) is -1.18. The third-order valence-corrected chi connectivity index (χ3v) is 7.89. The van der Waals surface area contributed by atoms with Crippen molar-refractivity contribution in [1.82, 2.24) is 19.7 Å². The van der Waals surface area contributed by atoms with Crippen LogP contribution in [0.1, 0.15) is 10.7 Å². The molecule has 6 nitrogen and oxygen atoms in total. The summed E-state index contributed by atoms with van der Waals surface area (Å²) in [6.45, 7) is 9.77. The Labute approximate surface area is 204 Å². The molecular weight excluding hydrogens is 467 g/mol. The summed E-state index contributed by atoms with van der Waals surface area (Å²) in [5.41, 5.74) is 4.89. The third kappa shape index (κ3) is 5.85. The van der Waals surface area contributed by atoms with Crippen LogP contribution < -0.4 is 0 Å². The second-order valence-corrected chi connectivity index (χ2v) is 16.0. The van der Waals surface area contributed by atoms with Crippen LogP contribution in [0, 0.1) is 12.7 Å². The Morgan fingerprint density at radius 2 is 1.91 bits per heavy atom. The molecule has 1 N–H and O–H groups in total. The number of halogens is 1. The number of aryl methyl sites for hydroxylation is 1. The van der Waals surface area contributed by atoms with Crippen molar-refractivity contribution in [1.29, 1.82) is 0 Å². The van der Waals surface area contributed by atoms with Gasteiger partial charge in [0.2, 0.25) is 0 Å². The van der Waals surface area contributed by atoms with Crippen molar-refractivity contribution < 1.29 is 14.2 Å². The highest BCUT2D eigenvalue weighted by Crippen LogP contribution is 2.34. The highest BCUT2D eigenvalue weighted by atomic mass is 32.1. The number of ether oxygens (including phenoxy) is 1.